The summed E-state index contributed by atoms with van der Waals surface area (Å²) in [6.45, 7) is 0. The third-order valence-corrected chi connectivity index (χ3v) is 3.29. The van der Waals surface area contributed by atoms with Crippen molar-refractivity contribution in [3.63, 3.8) is 0 Å². The molecule has 0 aliphatic carbocycles. The lowest BCUT2D eigenvalue weighted by atomic mass is 10.8. The fourth-order valence-electron chi connectivity index (χ4n) is 1.40. The maximum atomic E-state index is 11.3. The van der Waals surface area contributed by atoms with E-state index in [1.807, 2.05) is 0 Å². The molecule has 10 nitrogen and oxygen atoms in total. The molecular formula is C9H9N9OS. The zero-order chi connectivity index (χ0) is 14.1. The van der Waals surface area contributed by atoms with Gasteiger partial charge in [-0.1, -0.05) is 0 Å². The van der Waals surface area contributed by atoms with Crippen molar-refractivity contribution >= 4 is 17.7 Å². The first-order valence-corrected chi connectivity index (χ1v) is 6.24. The normalized spacial score (nSPS) is 10.8. The highest BCUT2D eigenvalue weighted by Gasteiger charge is 2.12. The molecule has 0 saturated carbocycles. The minimum absolute atomic E-state index is 0.0757. The molecule has 0 bridgehead atoms. The van der Waals surface area contributed by atoms with Gasteiger partial charge in [-0.15, -0.1) is 5.10 Å². The van der Waals surface area contributed by atoms with E-state index in [9.17, 15) is 4.79 Å². The summed E-state index contributed by atoms with van der Waals surface area (Å²) in [4.78, 5) is 27.5. The minimum atomic E-state index is -0.315. The number of nitrogen functional groups attached to an aromatic ring is 1. The van der Waals surface area contributed by atoms with Gasteiger partial charge in [0, 0.05) is 19.4 Å². The number of aromatic nitrogens is 8. The summed E-state index contributed by atoms with van der Waals surface area (Å²) in [5.41, 5.74) is 5.34. The van der Waals surface area contributed by atoms with Gasteiger partial charge < -0.3 is 5.73 Å². The Morgan fingerprint density at radius 3 is 2.85 bits per heavy atom. The summed E-state index contributed by atoms with van der Waals surface area (Å²) < 4.78 is 2.95. The fraction of sp³-hybridized carbons (Fsp3) is 0.111. The Morgan fingerprint density at radius 1 is 1.35 bits per heavy atom. The molecule has 20 heavy (non-hydrogen) atoms. The molecule has 0 unspecified atom stereocenters. The zero-order valence-electron chi connectivity index (χ0n) is 10.3. The van der Waals surface area contributed by atoms with Crippen LogP contribution in [0.25, 0.3) is 5.95 Å². The molecular weight excluding hydrogens is 282 g/mol. The summed E-state index contributed by atoms with van der Waals surface area (Å²) in [5.74, 6) is 0.421. The van der Waals surface area contributed by atoms with Crippen LogP contribution in [0.2, 0.25) is 0 Å². The van der Waals surface area contributed by atoms with E-state index in [4.69, 9.17) is 5.73 Å². The van der Waals surface area contributed by atoms with Gasteiger partial charge in [0.05, 0.1) is 0 Å². The van der Waals surface area contributed by atoms with Crippen LogP contribution in [-0.4, -0.2) is 39.3 Å². The van der Waals surface area contributed by atoms with Gasteiger partial charge in [0.25, 0.3) is 0 Å². The molecule has 0 saturated heterocycles. The standard InChI is InChI=1S/C9H9N9OS/c1-17-8(19)15-16-9(17)20-7-13-5(10)12-6(14-7)18-3-2-11-4-18/h2-4H,1H3,(H,15,19)(H2,10,12,13,14). The van der Waals surface area contributed by atoms with E-state index >= 15 is 0 Å². The number of aromatic amines is 1. The molecule has 3 rings (SSSR count). The second-order valence-corrected chi connectivity index (χ2v) is 4.65. The highest BCUT2D eigenvalue weighted by molar-refractivity contribution is 7.99. The van der Waals surface area contributed by atoms with Gasteiger partial charge in [-0.25, -0.2) is 14.9 Å². The first kappa shape index (κ1) is 12.3. The van der Waals surface area contributed by atoms with Gasteiger partial charge in [0.15, 0.2) is 5.16 Å². The predicted octanol–water partition coefficient (Wildman–Crippen LogP) is -0.788. The van der Waals surface area contributed by atoms with Gasteiger partial charge in [0.2, 0.25) is 17.1 Å². The molecule has 0 radical (unpaired) electrons. The van der Waals surface area contributed by atoms with Crippen molar-refractivity contribution in [2.24, 2.45) is 7.05 Å². The third-order valence-electron chi connectivity index (χ3n) is 2.38. The summed E-state index contributed by atoms with van der Waals surface area (Å²) in [6.07, 6.45) is 4.84. The van der Waals surface area contributed by atoms with Gasteiger partial charge in [-0.3, -0.25) is 9.13 Å². The maximum Gasteiger partial charge on any atom is 0.343 e. The molecule has 0 amide bonds. The Kier molecular flexibility index (Phi) is 2.95. The van der Waals surface area contributed by atoms with Crippen molar-refractivity contribution in [3.8, 4) is 5.95 Å². The van der Waals surface area contributed by atoms with Gasteiger partial charge in [0.1, 0.15) is 6.33 Å². The number of imidazole rings is 1. The molecule has 3 aromatic rings. The van der Waals surface area contributed by atoms with Crippen LogP contribution in [0.15, 0.2) is 33.8 Å². The fourth-order valence-corrected chi connectivity index (χ4v) is 2.15. The Balaban J connectivity index is 1.98. The Bertz CT molecular complexity index is 790. The van der Waals surface area contributed by atoms with E-state index < -0.39 is 0 Å². The third kappa shape index (κ3) is 2.25. The van der Waals surface area contributed by atoms with Crippen molar-refractivity contribution in [2.45, 2.75) is 10.3 Å². The van der Waals surface area contributed by atoms with Crippen LogP contribution in [0.4, 0.5) is 5.95 Å². The van der Waals surface area contributed by atoms with Crippen molar-refractivity contribution in [1.82, 2.24) is 39.3 Å². The number of nitrogens with one attached hydrogen (secondary N) is 1. The summed E-state index contributed by atoms with van der Waals surface area (Å²) in [5, 5.41) is 6.96. The van der Waals surface area contributed by atoms with Crippen LogP contribution in [0.5, 0.6) is 0 Å². The van der Waals surface area contributed by atoms with Crippen molar-refractivity contribution in [3.05, 3.63) is 29.2 Å². The smallest absolute Gasteiger partial charge is 0.343 e. The Morgan fingerprint density at radius 2 is 2.20 bits per heavy atom. The SMILES string of the molecule is Cn1c(Sc2nc(N)nc(-n3ccnc3)n2)n[nH]c1=O. The van der Waals surface area contributed by atoms with Crippen molar-refractivity contribution in [1.29, 1.82) is 0 Å². The number of hydrogen-bond acceptors (Lipinski definition) is 8. The summed E-state index contributed by atoms with van der Waals surface area (Å²) in [6, 6.07) is 0. The van der Waals surface area contributed by atoms with E-state index in [2.05, 4.69) is 30.1 Å². The Labute approximate surface area is 116 Å². The van der Waals surface area contributed by atoms with Crippen LogP contribution in [-0.2, 0) is 7.05 Å². The van der Waals surface area contributed by atoms with E-state index in [0.717, 1.165) is 11.8 Å². The van der Waals surface area contributed by atoms with Gasteiger partial charge in [-0.2, -0.15) is 15.0 Å². The lowest BCUT2D eigenvalue weighted by Crippen LogP contribution is -2.13. The molecule has 0 aromatic carbocycles. The lowest BCUT2D eigenvalue weighted by Gasteiger charge is -2.03. The monoisotopic (exact) mass is 291 g/mol. The van der Waals surface area contributed by atoms with Crippen LogP contribution in [0.1, 0.15) is 0 Å². The molecule has 11 heteroatoms. The van der Waals surface area contributed by atoms with Crippen LogP contribution in [0, 0.1) is 0 Å². The highest BCUT2D eigenvalue weighted by atomic mass is 32.2. The maximum absolute atomic E-state index is 11.3. The minimum Gasteiger partial charge on any atom is -0.368 e. The number of nitrogens with zero attached hydrogens (tertiary/aromatic N) is 7. The number of rotatable bonds is 3. The molecule has 3 aromatic heterocycles. The topological polar surface area (TPSA) is 133 Å². The zero-order valence-corrected chi connectivity index (χ0v) is 11.1. The van der Waals surface area contributed by atoms with Gasteiger partial charge in [-0.05, 0) is 11.8 Å². The van der Waals surface area contributed by atoms with E-state index in [1.54, 1.807) is 30.3 Å². The van der Waals surface area contributed by atoms with Crippen LogP contribution >= 0.6 is 11.8 Å². The molecule has 3 heterocycles. The van der Waals surface area contributed by atoms with E-state index in [-0.39, 0.29) is 11.6 Å². The highest BCUT2D eigenvalue weighted by Crippen LogP contribution is 2.21. The van der Waals surface area contributed by atoms with Crippen molar-refractivity contribution in [2.75, 3.05) is 5.73 Å². The average Bonchev–Trinajstić information content (AvgIpc) is 3.04. The quantitative estimate of drug-likeness (QED) is 0.641. The van der Waals surface area contributed by atoms with Crippen LogP contribution < -0.4 is 11.4 Å². The molecule has 0 spiro atoms. The Hall–Kier alpha value is -2.69. The summed E-state index contributed by atoms with van der Waals surface area (Å²) in [7, 11) is 1.59. The molecule has 0 aliphatic rings. The van der Waals surface area contributed by atoms with E-state index in [1.165, 1.54) is 4.57 Å². The molecule has 0 fully saturated rings. The van der Waals surface area contributed by atoms with Crippen LogP contribution in [0.3, 0.4) is 0 Å². The second-order valence-electron chi connectivity index (χ2n) is 3.72. The largest absolute Gasteiger partial charge is 0.368 e. The number of H-pyrrole nitrogens is 1. The second kappa shape index (κ2) is 4.77. The average molecular weight is 291 g/mol. The first-order valence-electron chi connectivity index (χ1n) is 5.42. The molecule has 0 aliphatic heterocycles. The number of nitrogens with two attached hydrogens (primary N) is 1. The first-order chi connectivity index (χ1) is 9.63. The summed E-state index contributed by atoms with van der Waals surface area (Å²) >= 11 is 1.11. The lowest BCUT2D eigenvalue weighted by molar-refractivity contribution is 0.759. The molecule has 3 N–H and O–H groups in total. The molecule has 0 atom stereocenters. The predicted molar refractivity (Wildman–Crippen MR) is 69.3 cm³/mol. The van der Waals surface area contributed by atoms with Gasteiger partial charge >= 0.3 is 5.69 Å². The number of anilines is 1. The molecule has 102 valence electrons. The van der Waals surface area contributed by atoms with E-state index in [0.29, 0.717) is 16.3 Å². The number of hydrogen-bond donors (Lipinski definition) is 2. The van der Waals surface area contributed by atoms with Crippen molar-refractivity contribution < 1.29 is 0 Å².